The van der Waals surface area contributed by atoms with E-state index in [1.807, 2.05) is 13.0 Å². The van der Waals surface area contributed by atoms with Gasteiger partial charge in [-0.2, -0.15) is 0 Å². The Morgan fingerprint density at radius 1 is 1.11 bits per heavy atom. The first-order valence-electron chi connectivity index (χ1n) is 14.9. The molecule has 3 atom stereocenters. The zero-order chi connectivity index (χ0) is 26.6. The lowest BCUT2D eigenvalue weighted by Gasteiger charge is -2.36. The molecule has 0 N–H and O–H groups in total. The maximum atomic E-state index is 13.9. The molecule has 0 bridgehead atoms. The van der Waals surface area contributed by atoms with E-state index in [9.17, 15) is 9.59 Å². The fourth-order valence-corrected chi connectivity index (χ4v) is 6.48. The molecule has 204 valence electrons. The monoisotopic (exact) mass is 516 g/mol. The SMILES string of the molecule is C/C=C(\c1c(C2CC2)ccc2nc(OCCCN3CCCC3)ccc12)C(CCC(C)=O)C(=O)C1CCC1C. The summed E-state index contributed by atoms with van der Waals surface area (Å²) >= 11 is 0. The van der Waals surface area contributed by atoms with Crippen molar-refractivity contribution in [3.05, 3.63) is 41.5 Å². The first-order valence-corrected chi connectivity index (χ1v) is 14.9. The van der Waals surface area contributed by atoms with Gasteiger partial charge in [0, 0.05) is 36.3 Å². The molecule has 2 saturated carbocycles. The van der Waals surface area contributed by atoms with Crippen LogP contribution in [0.3, 0.4) is 0 Å². The quantitative estimate of drug-likeness (QED) is 0.269. The summed E-state index contributed by atoms with van der Waals surface area (Å²) in [5.74, 6) is 1.97. The lowest BCUT2D eigenvalue weighted by atomic mass is 9.67. The fraction of sp³-hybridized carbons (Fsp3) is 0.606. The van der Waals surface area contributed by atoms with Gasteiger partial charge in [0.15, 0.2) is 0 Å². The standard InChI is InChI=1S/C33H44N2O3/c1-4-25(28(13-9-23(3)36)33(37)26-12-8-22(26)2)32-27(24-10-11-24)14-16-30-29(32)15-17-31(34-30)38-21-7-20-35-18-5-6-19-35/h4,14-17,22,24,26,28H,5-13,18-21H2,1-3H3/b25-4-. The van der Waals surface area contributed by atoms with Gasteiger partial charge < -0.3 is 14.4 Å². The highest BCUT2D eigenvalue weighted by Crippen LogP contribution is 2.48. The lowest BCUT2D eigenvalue weighted by Crippen LogP contribution is -2.36. The predicted molar refractivity (Wildman–Crippen MR) is 153 cm³/mol. The fourth-order valence-electron chi connectivity index (χ4n) is 6.48. The third-order valence-electron chi connectivity index (χ3n) is 9.05. The molecule has 5 heteroatoms. The van der Waals surface area contributed by atoms with Crippen LogP contribution in [0.2, 0.25) is 0 Å². The zero-order valence-electron chi connectivity index (χ0n) is 23.5. The van der Waals surface area contributed by atoms with E-state index in [1.165, 1.54) is 49.9 Å². The molecule has 0 spiro atoms. The van der Waals surface area contributed by atoms with Gasteiger partial charge in [0.1, 0.15) is 11.6 Å². The number of hydrogen-bond donors (Lipinski definition) is 0. The van der Waals surface area contributed by atoms with E-state index in [0.717, 1.165) is 42.3 Å². The molecule has 1 aliphatic heterocycles. The minimum Gasteiger partial charge on any atom is -0.478 e. The summed E-state index contributed by atoms with van der Waals surface area (Å²) in [6.07, 6.45) is 11.3. The third-order valence-corrected chi connectivity index (χ3v) is 9.05. The van der Waals surface area contributed by atoms with Crippen molar-refractivity contribution in [2.45, 2.75) is 84.5 Å². The average molecular weight is 517 g/mol. The van der Waals surface area contributed by atoms with Gasteiger partial charge in [-0.25, -0.2) is 4.98 Å². The van der Waals surface area contributed by atoms with Crippen molar-refractivity contribution >= 4 is 28.0 Å². The molecule has 0 amide bonds. The number of likely N-dealkylation sites (tertiary alicyclic amines) is 1. The Kier molecular flexibility index (Phi) is 8.62. The Morgan fingerprint density at radius 3 is 2.53 bits per heavy atom. The number of benzene rings is 1. The lowest BCUT2D eigenvalue weighted by molar-refractivity contribution is -0.130. The van der Waals surface area contributed by atoms with E-state index in [0.29, 0.717) is 42.9 Å². The molecule has 2 aromatic rings. The number of hydrogen-bond acceptors (Lipinski definition) is 5. The second-order valence-electron chi connectivity index (χ2n) is 11.9. The molecule has 1 aromatic heterocycles. The number of allylic oxidation sites excluding steroid dienone is 2. The van der Waals surface area contributed by atoms with Gasteiger partial charge in [0.05, 0.1) is 12.1 Å². The van der Waals surface area contributed by atoms with Crippen LogP contribution in [0.25, 0.3) is 16.5 Å². The number of carbonyl (C=O) groups is 2. The number of Topliss-reactive ketones (excluding diaryl/α,β-unsaturated/α-hetero) is 2. The van der Waals surface area contributed by atoms with Gasteiger partial charge in [-0.3, -0.25) is 4.79 Å². The number of ether oxygens (including phenoxy) is 1. The molecule has 2 aliphatic carbocycles. The van der Waals surface area contributed by atoms with Gasteiger partial charge in [-0.1, -0.05) is 19.1 Å². The Hall–Kier alpha value is -2.53. The van der Waals surface area contributed by atoms with Crippen LogP contribution in [0.5, 0.6) is 5.88 Å². The minimum absolute atomic E-state index is 0.111. The van der Waals surface area contributed by atoms with Crippen LogP contribution in [0.15, 0.2) is 30.3 Å². The molecular weight excluding hydrogens is 472 g/mol. The van der Waals surface area contributed by atoms with Crippen molar-refractivity contribution in [1.82, 2.24) is 9.88 Å². The van der Waals surface area contributed by atoms with Crippen LogP contribution in [-0.4, -0.2) is 47.7 Å². The smallest absolute Gasteiger partial charge is 0.213 e. The summed E-state index contributed by atoms with van der Waals surface area (Å²) in [6, 6.07) is 8.48. The van der Waals surface area contributed by atoms with E-state index < -0.39 is 0 Å². The van der Waals surface area contributed by atoms with Gasteiger partial charge in [-0.05, 0) is 119 Å². The molecule has 1 saturated heterocycles. The number of aromatic nitrogens is 1. The van der Waals surface area contributed by atoms with Crippen LogP contribution in [0.1, 0.15) is 95.6 Å². The van der Waals surface area contributed by atoms with Gasteiger partial charge in [-0.15, -0.1) is 0 Å². The maximum Gasteiger partial charge on any atom is 0.213 e. The Balaban J connectivity index is 1.43. The van der Waals surface area contributed by atoms with Crippen molar-refractivity contribution in [2.24, 2.45) is 17.8 Å². The number of ketones is 2. The van der Waals surface area contributed by atoms with Crippen LogP contribution in [-0.2, 0) is 9.59 Å². The number of pyridine rings is 1. The third kappa shape index (κ3) is 6.03. The highest BCUT2D eigenvalue weighted by atomic mass is 16.5. The summed E-state index contributed by atoms with van der Waals surface area (Å²) in [7, 11) is 0. The second kappa shape index (κ2) is 12.1. The topological polar surface area (TPSA) is 59.5 Å². The van der Waals surface area contributed by atoms with E-state index in [2.05, 4.69) is 36.1 Å². The minimum atomic E-state index is -0.249. The maximum absolute atomic E-state index is 13.9. The highest BCUT2D eigenvalue weighted by molar-refractivity contribution is 6.02. The molecule has 3 aliphatic rings. The molecule has 2 heterocycles. The molecule has 0 radical (unpaired) electrons. The number of nitrogens with zero attached hydrogens (tertiary/aromatic N) is 2. The number of carbonyl (C=O) groups excluding carboxylic acids is 2. The first-order chi connectivity index (χ1) is 18.5. The average Bonchev–Trinajstić information content (AvgIpc) is 3.62. The van der Waals surface area contributed by atoms with Crippen LogP contribution in [0.4, 0.5) is 0 Å². The molecule has 5 nitrogen and oxygen atoms in total. The second-order valence-corrected chi connectivity index (χ2v) is 11.9. The van der Waals surface area contributed by atoms with Crippen molar-refractivity contribution in [1.29, 1.82) is 0 Å². The summed E-state index contributed by atoms with van der Waals surface area (Å²) in [5.41, 5.74) is 4.50. The van der Waals surface area contributed by atoms with Crippen molar-refractivity contribution in [3.8, 4) is 5.88 Å². The molecule has 1 aromatic carbocycles. The van der Waals surface area contributed by atoms with Gasteiger partial charge in [0.25, 0.3) is 0 Å². The summed E-state index contributed by atoms with van der Waals surface area (Å²) in [4.78, 5) is 33.3. The largest absolute Gasteiger partial charge is 0.478 e. The van der Waals surface area contributed by atoms with Crippen molar-refractivity contribution < 1.29 is 14.3 Å². The molecular formula is C33H44N2O3. The number of rotatable bonds is 13. The normalized spacial score (nSPS) is 22.9. The van der Waals surface area contributed by atoms with Gasteiger partial charge in [0.2, 0.25) is 5.88 Å². The first kappa shape index (κ1) is 27.1. The predicted octanol–water partition coefficient (Wildman–Crippen LogP) is 6.98. The Bertz CT molecular complexity index is 1190. The van der Waals surface area contributed by atoms with Crippen molar-refractivity contribution in [3.63, 3.8) is 0 Å². The van der Waals surface area contributed by atoms with Crippen LogP contribution in [0, 0.1) is 17.8 Å². The van der Waals surface area contributed by atoms with Crippen LogP contribution >= 0.6 is 0 Å². The number of fused-ring (bicyclic) bond motifs is 1. The zero-order valence-corrected chi connectivity index (χ0v) is 23.5. The van der Waals surface area contributed by atoms with Gasteiger partial charge >= 0.3 is 0 Å². The summed E-state index contributed by atoms with van der Waals surface area (Å²) < 4.78 is 6.06. The Morgan fingerprint density at radius 2 is 1.89 bits per heavy atom. The highest BCUT2D eigenvalue weighted by Gasteiger charge is 2.39. The van der Waals surface area contributed by atoms with Crippen LogP contribution < -0.4 is 4.74 Å². The molecule has 38 heavy (non-hydrogen) atoms. The molecule has 5 rings (SSSR count). The van der Waals surface area contributed by atoms with E-state index in [4.69, 9.17) is 9.72 Å². The van der Waals surface area contributed by atoms with E-state index >= 15 is 0 Å². The summed E-state index contributed by atoms with van der Waals surface area (Å²) in [5, 5.41) is 1.09. The Labute approximate surface area is 228 Å². The molecule has 3 unspecified atom stereocenters. The molecule has 3 fully saturated rings. The van der Waals surface area contributed by atoms with E-state index in [-0.39, 0.29) is 17.6 Å². The van der Waals surface area contributed by atoms with Crippen molar-refractivity contribution in [2.75, 3.05) is 26.2 Å². The van der Waals surface area contributed by atoms with E-state index in [1.54, 1.807) is 6.92 Å². The summed E-state index contributed by atoms with van der Waals surface area (Å²) in [6.45, 7) is 10.0.